The Kier molecular flexibility index (Phi) is 5.07. The van der Waals surface area contributed by atoms with E-state index in [4.69, 9.17) is 11.6 Å². The average molecular weight is 435 g/mol. The molecule has 0 atom stereocenters. The molecule has 1 fully saturated rings. The molecule has 146 valence electrons. The van der Waals surface area contributed by atoms with E-state index in [0.717, 1.165) is 15.8 Å². The molecule has 2 aromatic carbocycles. The van der Waals surface area contributed by atoms with E-state index in [0.29, 0.717) is 52.2 Å². The lowest BCUT2D eigenvalue weighted by atomic mass is 10.1. The number of nitrogens with one attached hydrogen (secondary N) is 1. The van der Waals surface area contributed by atoms with E-state index in [1.165, 1.54) is 11.3 Å². The molecule has 0 aliphatic carbocycles. The second-order valence-electron chi connectivity index (χ2n) is 6.83. The highest BCUT2D eigenvalue weighted by molar-refractivity contribution is 7.94. The Balaban J connectivity index is 1.56. The molecule has 2 heterocycles. The maximum atomic E-state index is 12.9. The summed E-state index contributed by atoms with van der Waals surface area (Å²) in [6, 6.07) is 12.7. The molecule has 0 bridgehead atoms. The fourth-order valence-electron chi connectivity index (χ4n) is 3.38. The number of carbonyl (C=O) groups is 1. The molecule has 5 nitrogen and oxygen atoms in total. The summed E-state index contributed by atoms with van der Waals surface area (Å²) >= 11 is 7.28. The van der Waals surface area contributed by atoms with Gasteiger partial charge in [0.2, 0.25) is 0 Å². The third-order valence-corrected chi connectivity index (χ3v) is 8.41. The Morgan fingerprint density at radius 3 is 2.43 bits per heavy atom. The van der Waals surface area contributed by atoms with Crippen LogP contribution in [-0.2, 0) is 14.8 Å². The van der Waals surface area contributed by atoms with Crippen LogP contribution < -0.4 is 9.62 Å². The van der Waals surface area contributed by atoms with Crippen LogP contribution in [0.2, 0.25) is 5.02 Å². The summed E-state index contributed by atoms with van der Waals surface area (Å²) in [5.41, 5.74) is 2.19. The van der Waals surface area contributed by atoms with Gasteiger partial charge in [-0.2, -0.15) is 0 Å². The van der Waals surface area contributed by atoms with Gasteiger partial charge in [0.25, 0.3) is 10.0 Å². The molecule has 0 saturated carbocycles. The Bertz CT molecular complexity index is 1140. The van der Waals surface area contributed by atoms with Crippen LogP contribution in [-0.4, -0.2) is 27.3 Å². The van der Waals surface area contributed by atoms with E-state index < -0.39 is 10.0 Å². The van der Waals surface area contributed by atoms with Crippen molar-refractivity contribution < 1.29 is 13.2 Å². The van der Waals surface area contributed by atoms with Crippen molar-refractivity contribution in [2.45, 2.75) is 24.0 Å². The van der Waals surface area contributed by atoms with Crippen molar-refractivity contribution in [3.05, 3.63) is 53.1 Å². The van der Waals surface area contributed by atoms with E-state index in [-0.39, 0.29) is 0 Å². The minimum absolute atomic E-state index is 0.292. The van der Waals surface area contributed by atoms with Crippen molar-refractivity contribution in [2.24, 2.45) is 0 Å². The van der Waals surface area contributed by atoms with Crippen LogP contribution in [0.25, 0.3) is 10.1 Å². The number of thiophene rings is 1. The van der Waals surface area contributed by atoms with Crippen LogP contribution in [0.1, 0.15) is 18.4 Å². The monoisotopic (exact) mass is 434 g/mol. The smallest absolute Gasteiger partial charge is 0.271 e. The number of hydrogen-bond donors (Lipinski definition) is 1. The summed E-state index contributed by atoms with van der Waals surface area (Å²) < 4.78 is 29.7. The Morgan fingerprint density at radius 2 is 1.75 bits per heavy atom. The van der Waals surface area contributed by atoms with Gasteiger partial charge in [-0.3, -0.25) is 9.52 Å². The SMILES string of the molecule is Cc1c(S(=O)(=O)Nc2ccc(N3CCC(=O)CC3)cc2)sc2ccc(Cl)cc12. The van der Waals surface area contributed by atoms with E-state index >= 15 is 0 Å². The maximum Gasteiger partial charge on any atom is 0.271 e. The molecule has 28 heavy (non-hydrogen) atoms. The fraction of sp³-hybridized carbons (Fsp3) is 0.250. The largest absolute Gasteiger partial charge is 0.371 e. The van der Waals surface area contributed by atoms with Crippen molar-refractivity contribution in [1.82, 2.24) is 0 Å². The number of sulfonamides is 1. The van der Waals surface area contributed by atoms with Gasteiger partial charge in [0.1, 0.15) is 9.99 Å². The van der Waals surface area contributed by atoms with Crippen LogP contribution in [0.3, 0.4) is 0 Å². The minimum Gasteiger partial charge on any atom is -0.371 e. The fourth-order valence-corrected chi connectivity index (χ4v) is 6.36. The molecular weight excluding hydrogens is 416 g/mol. The van der Waals surface area contributed by atoms with Gasteiger partial charge in [-0.1, -0.05) is 11.6 Å². The third kappa shape index (κ3) is 3.74. The molecule has 1 saturated heterocycles. The molecule has 1 N–H and O–H groups in total. The Morgan fingerprint density at radius 1 is 1.07 bits per heavy atom. The van der Waals surface area contributed by atoms with Gasteiger partial charge in [-0.05, 0) is 60.3 Å². The van der Waals surface area contributed by atoms with Crippen LogP contribution in [0.5, 0.6) is 0 Å². The number of aryl methyl sites for hydroxylation is 1. The topological polar surface area (TPSA) is 66.5 Å². The van der Waals surface area contributed by atoms with Gasteiger partial charge in [0, 0.05) is 47.0 Å². The van der Waals surface area contributed by atoms with Crippen molar-refractivity contribution in [2.75, 3.05) is 22.7 Å². The standard InChI is InChI=1S/C20H19ClN2O3S2/c1-13-18-12-14(21)2-7-19(18)27-20(13)28(25,26)22-15-3-5-16(6-4-15)23-10-8-17(24)9-11-23/h2-7,12,22H,8-11H2,1H3. The van der Waals surface area contributed by atoms with Gasteiger partial charge in [-0.15, -0.1) is 11.3 Å². The quantitative estimate of drug-likeness (QED) is 0.638. The number of benzene rings is 2. The second-order valence-corrected chi connectivity index (χ2v) is 10.2. The van der Waals surface area contributed by atoms with E-state index in [2.05, 4.69) is 9.62 Å². The summed E-state index contributed by atoms with van der Waals surface area (Å²) in [6.07, 6.45) is 1.12. The maximum absolute atomic E-state index is 12.9. The van der Waals surface area contributed by atoms with Crippen molar-refractivity contribution in [3.63, 3.8) is 0 Å². The lowest BCUT2D eigenvalue weighted by Gasteiger charge is -2.28. The Labute approximate surface area is 173 Å². The molecule has 4 rings (SSSR count). The summed E-state index contributed by atoms with van der Waals surface area (Å²) in [4.78, 5) is 13.5. The predicted molar refractivity (Wildman–Crippen MR) is 115 cm³/mol. The number of hydrogen-bond acceptors (Lipinski definition) is 5. The second kappa shape index (κ2) is 7.39. The highest BCUT2D eigenvalue weighted by Crippen LogP contribution is 2.36. The normalized spacial score (nSPS) is 15.2. The number of piperidine rings is 1. The first-order valence-corrected chi connectivity index (χ1v) is 11.6. The van der Waals surface area contributed by atoms with Crippen LogP contribution >= 0.6 is 22.9 Å². The van der Waals surface area contributed by atoms with E-state index in [1.54, 1.807) is 31.2 Å². The van der Waals surface area contributed by atoms with Crippen molar-refractivity contribution >= 4 is 60.2 Å². The molecule has 0 spiro atoms. The summed E-state index contributed by atoms with van der Waals surface area (Å²) in [5, 5.41) is 1.44. The van der Waals surface area contributed by atoms with Gasteiger partial charge in [0.15, 0.2) is 0 Å². The van der Waals surface area contributed by atoms with Crippen molar-refractivity contribution in [3.8, 4) is 0 Å². The summed E-state index contributed by atoms with van der Waals surface area (Å²) in [7, 11) is -3.70. The predicted octanol–water partition coefficient (Wildman–Crippen LogP) is 4.83. The van der Waals surface area contributed by atoms with E-state index in [1.807, 2.05) is 18.2 Å². The zero-order chi connectivity index (χ0) is 19.9. The highest BCUT2D eigenvalue weighted by Gasteiger charge is 2.22. The van der Waals surface area contributed by atoms with Crippen LogP contribution in [0, 0.1) is 6.92 Å². The number of ketones is 1. The van der Waals surface area contributed by atoms with Gasteiger partial charge in [-0.25, -0.2) is 8.42 Å². The third-order valence-electron chi connectivity index (χ3n) is 4.90. The molecule has 8 heteroatoms. The zero-order valence-electron chi connectivity index (χ0n) is 15.2. The van der Waals surface area contributed by atoms with Crippen molar-refractivity contribution in [1.29, 1.82) is 0 Å². The molecule has 1 aliphatic rings. The molecular formula is C20H19ClN2O3S2. The summed E-state index contributed by atoms with van der Waals surface area (Å²) in [6.45, 7) is 3.20. The number of rotatable bonds is 4. The number of anilines is 2. The van der Waals surface area contributed by atoms with Gasteiger partial charge < -0.3 is 4.90 Å². The molecule has 1 aliphatic heterocycles. The summed E-state index contributed by atoms with van der Waals surface area (Å²) in [5.74, 6) is 0.292. The Hall–Kier alpha value is -2.09. The minimum atomic E-state index is -3.70. The molecule has 0 radical (unpaired) electrons. The number of carbonyl (C=O) groups excluding carboxylic acids is 1. The molecule has 0 unspecified atom stereocenters. The van der Waals surface area contributed by atoms with Crippen LogP contribution in [0.4, 0.5) is 11.4 Å². The molecule has 3 aromatic rings. The lowest BCUT2D eigenvalue weighted by molar-refractivity contribution is -0.119. The van der Waals surface area contributed by atoms with Crippen LogP contribution in [0.15, 0.2) is 46.7 Å². The first kappa shape index (κ1) is 19.2. The zero-order valence-corrected chi connectivity index (χ0v) is 17.6. The number of halogens is 1. The number of nitrogens with zero attached hydrogens (tertiary/aromatic N) is 1. The average Bonchev–Trinajstić information content (AvgIpc) is 3.00. The van der Waals surface area contributed by atoms with E-state index in [9.17, 15) is 13.2 Å². The lowest BCUT2D eigenvalue weighted by Crippen LogP contribution is -2.33. The molecule has 0 amide bonds. The first-order chi connectivity index (χ1) is 13.3. The molecule has 1 aromatic heterocycles. The highest BCUT2D eigenvalue weighted by atomic mass is 35.5. The number of fused-ring (bicyclic) bond motifs is 1. The number of Topliss-reactive ketones (excluding diaryl/α,β-unsaturated/α-hetero) is 1. The van der Waals surface area contributed by atoms with Gasteiger partial charge >= 0.3 is 0 Å². The van der Waals surface area contributed by atoms with Gasteiger partial charge in [0.05, 0.1) is 0 Å². The first-order valence-electron chi connectivity index (χ1n) is 8.92.